The van der Waals surface area contributed by atoms with Crippen molar-refractivity contribution in [2.24, 2.45) is 10.7 Å². The largest absolute Gasteiger partial charge is 0.454 e. The second-order valence-electron chi connectivity index (χ2n) is 0.609. The third kappa shape index (κ3) is 129. The fourth-order valence-corrected chi connectivity index (χ4v) is 0. The smallest absolute Gasteiger partial charge is 0 e. The third-order valence-corrected chi connectivity index (χ3v) is 0.241. The molecule has 73 valence electrons. The predicted molar refractivity (Wildman–Crippen MR) is 55.2 cm³/mol. The molecule has 0 aliphatic carbocycles. The van der Waals surface area contributed by atoms with Crippen molar-refractivity contribution in [2.75, 3.05) is 7.05 Å². The van der Waals surface area contributed by atoms with E-state index in [0.717, 1.165) is 0 Å². The molecule has 1 radical (unpaired) electrons. The van der Waals surface area contributed by atoms with Crippen molar-refractivity contribution >= 4 is 5.96 Å². The third-order valence-electron chi connectivity index (χ3n) is 0.241. The van der Waals surface area contributed by atoms with Crippen LogP contribution < -0.4 is 5.73 Å². The normalized spacial score (nSPS) is 5.36. The minimum atomic E-state index is -0.120. The average molecular weight is 240 g/mol. The Morgan fingerprint density at radius 2 is 1.27 bits per heavy atom. The van der Waals surface area contributed by atoms with E-state index in [9.17, 15) is 0 Å². The van der Waals surface area contributed by atoms with Crippen LogP contribution in [-0.2, 0) is 32.7 Å². The Labute approximate surface area is 98.9 Å². The fourth-order valence-electron chi connectivity index (χ4n) is 0. The zero-order valence-corrected chi connectivity index (χ0v) is 7.44. The van der Waals surface area contributed by atoms with Crippen LogP contribution in [0.3, 0.4) is 0 Å². The zero-order valence-electron chi connectivity index (χ0n) is 4.60. The monoisotopic (exact) mass is 240 g/mol. The molecule has 0 spiro atoms. The molecule has 0 saturated carbocycles. The molecule has 0 atom stereocenters. The Morgan fingerprint density at radius 3 is 1.27 bits per heavy atom. The zero-order chi connectivity index (χ0) is 4.28. The molecule has 0 aromatic rings. The van der Waals surface area contributed by atoms with Crippen LogP contribution in [0.25, 0.3) is 5.73 Å². The number of nitrogens with two attached hydrogens (primary N) is 1. The van der Waals surface area contributed by atoms with Gasteiger partial charge in [0.2, 0.25) is 0 Å². The van der Waals surface area contributed by atoms with Crippen molar-refractivity contribution in [1.29, 1.82) is 0 Å². The average Bonchev–Trinajstić information content (AvgIpc) is 1.38. The number of hydrogen-bond acceptors (Lipinski definition) is 1. The summed E-state index contributed by atoms with van der Waals surface area (Å²) in [6.07, 6.45) is 0. The molecular formula is C7H25N3Y-2. The molecule has 0 heterocycles. The SMILES string of the molecule is C.C.C.C.CN=C([NH-])N.[CH3-].[Y]. The molecule has 0 rings (SSSR count). The van der Waals surface area contributed by atoms with Crippen molar-refractivity contribution in [2.45, 2.75) is 29.7 Å². The van der Waals surface area contributed by atoms with E-state index in [0.29, 0.717) is 0 Å². The van der Waals surface area contributed by atoms with Gasteiger partial charge in [0.25, 0.3) is 0 Å². The van der Waals surface area contributed by atoms with E-state index in [2.05, 4.69) is 4.99 Å². The molecule has 3 N–H and O–H groups in total. The van der Waals surface area contributed by atoms with Gasteiger partial charge in [0.05, 0.1) is 0 Å². The topological polar surface area (TPSA) is 62.2 Å². The molecule has 0 bridgehead atoms. The predicted octanol–water partition coefficient (Wildman–Crippen LogP) is 2.98. The van der Waals surface area contributed by atoms with Gasteiger partial charge in [0.15, 0.2) is 0 Å². The first-order valence-corrected chi connectivity index (χ1v) is 1.21. The van der Waals surface area contributed by atoms with Gasteiger partial charge in [-0.15, -0.1) is 0 Å². The second-order valence-corrected chi connectivity index (χ2v) is 0.609. The van der Waals surface area contributed by atoms with Crippen molar-refractivity contribution in [3.05, 3.63) is 13.2 Å². The maximum atomic E-state index is 6.35. The Balaban J connectivity index is -0.00000000533. The first-order valence-electron chi connectivity index (χ1n) is 1.21. The summed E-state index contributed by atoms with van der Waals surface area (Å²) in [5.74, 6) is -0.120. The van der Waals surface area contributed by atoms with Crippen molar-refractivity contribution < 1.29 is 32.7 Å². The van der Waals surface area contributed by atoms with E-state index in [1.54, 1.807) is 0 Å². The maximum absolute atomic E-state index is 6.35. The molecule has 0 amide bonds. The van der Waals surface area contributed by atoms with Crippen LogP contribution in [0, 0.1) is 7.43 Å². The molecule has 0 aromatic heterocycles. The van der Waals surface area contributed by atoms with Crippen LogP contribution in [0.1, 0.15) is 29.7 Å². The van der Waals surface area contributed by atoms with Gasteiger partial charge in [-0.1, -0.05) is 29.7 Å². The van der Waals surface area contributed by atoms with Gasteiger partial charge in [-0.2, -0.15) is 0 Å². The van der Waals surface area contributed by atoms with Gasteiger partial charge in [-0.3, -0.25) is 0 Å². The van der Waals surface area contributed by atoms with Crippen LogP contribution >= 0.6 is 0 Å². The van der Waals surface area contributed by atoms with E-state index >= 15 is 0 Å². The Hall–Kier alpha value is 0.374. The van der Waals surface area contributed by atoms with Crippen LogP contribution in [0.4, 0.5) is 0 Å². The molecule has 0 saturated heterocycles. The van der Waals surface area contributed by atoms with E-state index in [1.165, 1.54) is 7.05 Å². The molecule has 11 heavy (non-hydrogen) atoms. The molecule has 0 aromatic carbocycles. The van der Waals surface area contributed by atoms with Gasteiger partial charge in [0, 0.05) is 32.7 Å². The summed E-state index contributed by atoms with van der Waals surface area (Å²) in [4.78, 5) is 3.25. The number of aliphatic imine (C=N–C) groups is 1. The van der Waals surface area contributed by atoms with E-state index in [1.807, 2.05) is 0 Å². The number of hydrogen-bond donors (Lipinski definition) is 1. The van der Waals surface area contributed by atoms with E-state index < -0.39 is 0 Å². The summed E-state index contributed by atoms with van der Waals surface area (Å²) in [7, 11) is 1.47. The summed E-state index contributed by atoms with van der Waals surface area (Å²) >= 11 is 0. The van der Waals surface area contributed by atoms with Gasteiger partial charge in [0.1, 0.15) is 0 Å². The van der Waals surface area contributed by atoms with Crippen LogP contribution in [0.2, 0.25) is 0 Å². The summed E-state index contributed by atoms with van der Waals surface area (Å²) in [5.41, 5.74) is 11.1. The standard InChI is InChI=1S/C2H6N3.4CH4.CH3.Y/c1-5-2(3)4;;;;;;/h1H3,(H3-,3,4,5);4*1H4;1H3;/q-1;;;;;-1;. The van der Waals surface area contributed by atoms with Gasteiger partial charge in [-0.25, -0.2) is 0 Å². The molecule has 0 fully saturated rings. The van der Waals surface area contributed by atoms with Crippen LogP contribution in [0.5, 0.6) is 0 Å². The first-order chi connectivity index (χ1) is 2.27. The quantitative estimate of drug-likeness (QED) is 0.395. The van der Waals surface area contributed by atoms with Gasteiger partial charge in [-0.05, 0) is 13.0 Å². The summed E-state index contributed by atoms with van der Waals surface area (Å²) in [6.45, 7) is 0. The number of guanidine groups is 1. The molecule has 4 heteroatoms. The molecule has 0 aliphatic rings. The maximum Gasteiger partial charge on any atom is 0 e. The van der Waals surface area contributed by atoms with Gasteiger partial charge >= 0.3 is 0 Å². The molecular weight excluding hydrogens is 215 g/mol. The first kappa shape index (κ1) is 64.0. The summed E-state index contributed by atoms with van der Waals surface area (Å²) in [6, 6.07) is 0. The number of nitrogens with zero attached hydrogens (tertiary/aromatic N) is 1. The fraction of sp³-hybridized carbons (Fsp3) is 0.714. The van der Waals surface area contributed by atoms with E-state index in [4.69, 9.17) is 11.5 Å². The van der Waals surface area contributed by atoms with E-state index in [-0.39, 0.29) is 75.8 Å². The number of nitrogens with one attached hydrogen (secondary N) is 1. The Kier molecular flexibility index (Phi) is 277. The Bertz CT molecular complexity index is 51.6. The minimum Gasteiger partial charge on any atom is -0.454 e. The van der Waals surface area contributed by atoms with Gasteiger partial charge < -0.3 is 23.9 Å². The second kappa shape index (κ2) is 47.6. The van der Waals surface area contributed by atoms with Crippen molar-refractivity contribution in [1.82, 2.24) is 0 Å². The molecule has 0 unspecified atom stereocenters. The Morgan fingerprint density at radius 1 is 1.18 bits per heavy atom. The minimum absolute atomic E-state index is 0. The summed E-state index contributed by atoms with van der Waals surface area (Å²) < 4.78 is 0. The van der Waals surface area contributed by atoms with Crippen LogP contribution in [0.15, 0.2) is 4.99 Å². The summed E-state index contributed by atoms with van der Waals surface area (Å²) in [5, 5.41) is 0. The number of rotatable bonds is 0. The van der Waals surface area contributed by atoms with Crippen molar-refractivity contribution in [3.8, 4) is 0 Å². The molecule has 0 aliphatic heterocycles. The molecule has 3 nitrogen and oxygen atoms in total. The van der Waals surface area contributed by atoms with Crippen molar-refractivity contribution in [3.63, 3.8) is 0 Å². The van der Waals surface area contributed by atoms with Crippen LogP contribution in [-0.4, -0.2) is 13.0 Å².